The van der Waals surface area contributed by atoms with Gasteiger partial charge in [0, 0.05) is 19.2 Å². The van der Waals surface area contributed by atoms with Gasteiger partial charge < -0.3 is 5.32 Å². The fraction of sp³-hybridized carbons (Fsp3) is 0.400. The van der Waals surface area contributed by atoms with E-state index in [0.717, 1.165) is 30.9 Å². The third kappa shape index (κ3) is 3.70. The summed E-state index contributed by atoms with van der Waals surface area (Å²) in [6.07, 6.45) is 3.00. The monoisotopic (exact) mass is 243 g/mol. The van der Waals surface area contributed by atoms with Gasteiger partial charge in [0.25, 0.3) is 0 Å². The second-order valence-corrected chi connectivity index (χ2v) is 4.94. The largest absolute Gasteiger partial charge is 0.316 e. The Labute approximate surface area is 109 Å². The van der Waals surface area contributed by atoms with Gasteiger partial charge in [-0.1, -0.05) is 32.0 Å². The minimum atomic E-state index is 0.701. The molecule has 0 saturated heterocycles. The molecule has 0 aliphatic heterocycles. The molecular weight excluding hydrogens is 222 g/mol. The number of aromatic nitrogens is 2. The van der Waals surface area contributed by atoms with Crippen LogP contribution in [0.15, 0.2) is 42.6 Å². The highest BCUT2D eigenvalue weighted by atomic mass is 15.3. The quantitative estimate of drug-likeness (QED) is 0.790. The lowest BCUT2D eigenvalue weighted by Gasteiger charge is -2.05. The molecule has 0 unspecified atom stereocenters. The second-order valence-electron chi connectivity index (χ2n) is 4.94. The van der Waals surface area contributed by atoms with Gasteiger partial charge in [-0.15, -0.1) is 0 Å². The Bertz CT molecular complexity index is 460. The van der Waals surface area contributed by atoms with Crippen molar-refractivity contribution in [2.24, 2.45) is 5.92 Å². The Morgan fingerprint density at radius 3 is 2.67 bits per heavy atom. The van der Waals surface area contributed by atoms with E-state index >= 15 is 0 Å². The standard InChI is InChI=1S/C15H21N3/c1-13(2)12-16-10-8-14-9-11-18(17-14)15-6-4-3-5-7-15/h3-7,9,11,13,16H,8,10,12H2,1-2H3. The maximum Gasteiger partial charge on any atom is 0.0645 e. The van der Waals surface area contributed by atoms with Crippen LogP contribution in [0.4, 0.5) is 0 Å². The summed E-state index contributed by atoms with van der Waals surface area (Å²) in [6.45, 7) is 6.50. The molecule has 3 nitrogen and oxygen atoms in total. The summed E-state index contributed by atoms with van der Waals surface area (Å²) in [6, 6.07) is 12.3. The lowest BCUT2D eigenvalue weighted by molar-refractivity contribution is 0.552. The first kappa shape index (κ1) is 12.8. The molecule has 0 amide bonds. The molecule has 0 bridgehead atoms. The van der Waals surface area contributed by atoms with Crippen LogP contribution in [0.5, 0.6) is 0 Å². The molecule has 0 aliphatic rings. The van der Waals surface area contributed by atoms with E-state index in [-0.39, 0.29) is 0 Å². The fourth-order valence-corrected chi connectivity index (χ4v) is 1.83. The molecule has 1 aromatic carbocycles. The van der Waals surface area contributed by atoms with Crippen LogP contribution in [0, 0.1) is 5.92 Å². The average molecular weight is 243 g/mol. The van der Waals surface area contributed by atoms with Crippen molar-refractivity contribution in [2.75, 3.05) is 13.1 Å². The van der Waals surface area contributed by atoms with Crippen LogP contribution in [-0.4, -0.2) is 22.9 Å². The fourth-order valence-electron chi connectivity index (χ4n) is 1.83. The van der Waals surface area contributed by atoms with Gasteiger partial charge in [0.15, 0.2) is 0 Å². The number of nitrogens with zero attached hydrogens (tertiary/aromatic N) is 2. The molecule has 2 aromatic rings. The average Bonchev–Trinajstić information content (AvgIpc) is 2.84. The number of rotatable bonds is 6. The lowest BCUT2D eigenvalue weighted by atomic mass is 10.2. The molecule has 2 rings (SSSR count). The number of nitrogens with one attached hydrogen (secondary N) is 1. The Kier molecular flexibility index (Phi) is 4.53. The first-order valence-corrected chi connectivity index (χ1v) is 6.56. The highest BCUT2D eigenvalue weighted by molar-refractivity contribution is 5.30. The number of hydrogen-bond acceptors (Lipinski definition) is 2. The Hall–Kier alpha value is -1.61. The first-order valence-electron chi connectivity index (χ1n) is 6.56. The molecule has 1 heterocycles. The molecular formula is C15H21N3. The first-order chi connectivity index (χ1) is 8.75. The van der Waals surface area contributed by atoms with E-state index in [9.17, 15) is 0 Å². The van der Waals surface area contributed by atoms with Crippen LogP contribution in [0.25, 0.3) is 5.69 Å². The van der Waals surface area contributed by atoms with E-state index in [1.807, 2.05) is 29.1 Å². The van der Waals surface area contributed by atoms with Gasteiger partial charge in [0.2, 0.25) is 0 Å². The molecule has 0 fully saturated rings. The van der Waals surface area contributed by atoms with Crippen LogP contribution in [-0.2, 0) is 6.42 Å². The minimum absolute atomic E-state index is 0.701. The Morgan fingerprint density at radius 2 is 1.94 bits per heavy atom. The van der Waals surface area contributed by atoms with Gasteiger partial charge in [0.1, 0.15) is 0 Å². The van der Waals surface area contributed by atoms with E-state index in [0.29, 0.717) is 5.92 Å². The van der Waals surface area contributed by atoms with Crippen molar-refractivity contribution in [1.82, 2.24) is 15.1 Å². The number of para-hydroxylation sites is 1. The van der Waals surface area contributed by atoms with E-state index in [1.165, 1.54) is 0 Å². The van der Waals surface area contributed by atoms with Crippen molar-refractivity contribution in [1.29, 1.82) is 0 Å². The molecule has 3 heteroatoms. The highest BCUT2D eigenvalue weighted by Crippen LogP contribution is 2.06. The molecule has 1 aromatic heterocycles. The Balaban J connectivity index is 1.87. The molecule has 0 aliphatic carbocycles. The normalized spacial score (nSPS) is 11.1. The Morgan fingerprint density at radius 1 is 1.17 bits per heavy atom. The van der Waals surface area contributed by atoms with E-state index < -0.39 is 0 Å². The molecule has 1 N–H and O–H groups in total. The minimum Gasteiger partial charge on any atom is -0.316 e. The van der Waals surface area contributed by atoms with Crippen LogP contribution in [0.3, 0.4) is 0 Å². The molecule has 0 atom stereocenters. The highest BCUT2D eigenvalue weighted by Gasteiger charge is 2.00. The van der Waals surface area contributed by atoms with Crippen LogP contribution < -0.4 is 5.32 Å². The zero-order valence-electron chi connectivity index (χ0n) is 11.1. The zero-order valence-corrected chi connectivity index (χ0v) is 11.1. The molecule has 0 saturated carbocycles. The predicted octanol–water partition coefficient (Wildman–Crippen LogP) is 2.66. The van der Waals surface area contributed by atoms with Crippen molar-refractivity contribution in [3.05, 3.63) is 48.3 Å². The van der Waals surface area contributed by atoms with Crippen molar-refractivity contribution in [2.45, 2.75) is 20.3 Å². The smallest absolute Gasteiger partial charge is 0.0645 e. The SMILES string of the molecule is CC(C)CNCCc1ccn(-c2ccccc2)n1. The van der Waals surface area contributed by atoms with Gasteiger partial charge in [-0.2, -0.15) is 5.10 Å². The van der Waals surface area contributed by atoms with Crippen LogP contribution in [0.2, 0.25) is 0 Å². The van der Waals surface area contributed by atoms with Gasteiger partial charge in [-0.3, -0.25) is 0 Å². The molecule has 0 radical (unpaired) electrons. The third-order valence-corrected chi connectivity index (χ3v) is 2.78. The summed E-state index contributed by atoms with van der Waals surface area (Å²) in [5, 5.41) is 8.01. The van der Waals surface area contributed by atoms with Gasteiger partial charge in [0.05, 0.1) is 11.4 Å². The van der Waals surface area contributed by atoms with E-state index in [2.05, 4.69) is 42.5 Å². The third-order valence-electron chi connectivity index (χ3n) is 2.78. The summed E-state index contributed by atoms with van der Waals surface area (Å²) >= 11 is 0. The summed E-state index contributed by atoms with van der Waals surface area (Å²) in [4.78, 5) is 0. The number of benzene rings is 1. The van der Waals surface area contributed by atoms with Gasteiger partial charge >= 0.3 is 0 Å². The van der Waals surface area contributed by atoms with Crippen LogP contribution >= 0.6 is 0 Å². The van der Waals surface area contributed by atoms with Gasteiger partial charge in [-0.25, -0.2) is 4.68 Å². The summed E-state index contributed by atoms with van der Waals surface area (Å²) in [5.74, 6) is 0.701. The summed E-state index contributed by atoms with van der Waals surface area (Å²) < 4.78 is 1.93. The number of hydrogen-bond donors (Lipinski definition) is 1. The molecule has 18 heavy (non-hydrogen) atoms. The lowest BCUT2D eigenvalue weighted by Crippen LogP contribution is -2.22. The summed E-state index contributed by atoms with van der Waals surface area (Å²) in [5.41, 5.74) is 2.24. The summed E-state index contributed by atoms with van der Waals surface area (Å²) in [7, 11) is 0. The van der Waals surface area contributed by atoms with Crippen molar-refractivity contribution >= 4 is 0 Å². The van der Waals surface area contributed by atoms with E-state index in [1.54, 1.807) is 0 Å². The van der Waals surface area contributed by atoms with E-state index in [4.69, 9.17) is 0 Å². The van der Waals surface area contributed by atoms with Crippen molar-refractivity contribution in [3.63, 3.8) is 0 Å². The van der Waals surface area contributed by atoms with Gasteiger partial charge in [-0.05, 0) is 30.7 Å². The zero-order chi connectivity index (χ0) is 12.8. The molecule has 96 valence electrons. The second kappa shape index (κ2) is 6.36. The maximum absolute atomic E-state index is 4.57. The van der Waals surface area contributed by atoms with Crippen molar-refractivity contribution < 1.29 is 0 Å². The van der Waals surface area contributed by atoms with Crippen molar-refractivity contribution in [3.8, 4) is 5.69 Å². The maximum atomic E-state index is 4.57. The molecule has 0 spiro atoms. The van der Waals surface area contributed by atoms with Crippen LogP contribution in [0.1, 0.15) is 19.5 Å². The predicted molar refractivity (Wildman–Crippen MR) is 75.0 cm³/mol. The topological polar surface area (TPSA) is 29.9 Å².